The molecule has 3 heterocycles. The Bertz CT molecular complexity index is 1190. The Morgan fingerprint density at radius 2 is 1.97 bits per heavy atom. The van der Waals surface area contributed by atoms with E-state index in [1.54, 1.807) is 59.9 Å². The van der Waals surface area contributed by atoms with Gasteiger partial charge in [-0.3, -0.25) is 14.0 Å². The monoisotopic (exact) mass is 462 g/mol. The fourth-order valence-electron chi connectivity index (χ4n) is 3.53. The summed E-state index contributed by atoms with van der Waals surface area (Å²) in [5.41, 5.74) is 1.47. The molecular weight excluding hydrogens is 440 g/mol. The molecule has 2 aromatic heterocycles. The maximum atomic E-state index is 12.6. The average Bonchev–Trinajstić information content (AvgIpc) is 2.85. The molecule has 1 aliphatic rings. The number of benzene rings is 1. The maximum Gasteiger partial charge on any atom is 0.255 e. The van der Waals surface area contributed by atoms with Gasteiger partial charge in [0.1, 0.15) is 18.5 Å². The van der Waals surface area contributed by atoms with E-state index in [9.17, 15) is 14.3 Å². The van der Waals surface area contributed by atoms with E-state index >= 15 is 0 Å². The van der Waals surface area contributed by atoms with Crippen molar-refractivity contribution >= 4 is 28.2 Å². The molecule has 0 saturated carbocycles. The molecule has 9 nitrogen and oxygen atoms in total. The third kappa shape index (κ3) is 5.32. The van der Waals surface area contributed by atoms with Gasteiger partial charge in [0.25, 0.3) is 5.91 Å². The van der Waals surface area contributed by atoms with Crippen LogP contribution in [0.25, 0.3) is 0 Å². The first kappa shape index (κ1) is 22.4. The molecule has 1 unspecified atom stereocenters. The number of carbonyl (C=O) groups is 1. The molecule has 33 heavy (non-hydrogen) atoms. The molecule has 1 saturated heterocycles. The number of pyridine rings is 1. The third-order valence-corrected chi connectivity index (χ3v) is 6.23. The number of hydrogen-bond acceptors (Lipinski definition) is 8. The zero-order valence-corrected chi connectivity index (χ0v) is 18.8. The third-order valence-electron chi connectivity index (χ3n) is 5.29. The summed E-state index contributed by atoms with van der Waals surface area (Å²) >= 11 is 0. The zero-order chi connectivity index (χ0) is 23.2. The molecule has 10 heteroatoms. The molecular formula is C23H22N6O3S. The Hall–Kier alpha value is -3.84. The van der Waals surface area contributed by atoms with E-state index in [0.717, 1.165) is 0 Å². The summed E-state index contributed by atoms with van der Waals surface area (Å²) in [5, 5.41) is 12.8. The number of rotatable bonds is 6. The minimum absolute atomic E-state index is 0.0503. The number of anilines is 2. The van der Waals surface area contributed by atoms with E-state index in [1.807, 2.05) is 0 Å². The summed E-state index contributed by atoms with van der Waals surface area (Å²) in [6.45, 7) is 1.09. The number of hydrogen-bond donors (Lipinski definition) is 1. The van der Waals surface area contributed by atoms with Crippen LogP contribution in [0.15, 0.2) is 60.0 Å². The normalized spacial score (nSPS) is 14.8. The Morgan fingerprint density at radius 3 is 2.61 bits per heavy atom. The predicted molar refractivity (Wildman–Crippen MR) is 123 cm³/mol. The molecule has 0 spiro atoms. The maximum absolute atomic E-state index is 12.6. The van der Waals surface area contributed by atoms with Crippen molar-refractivity contribution in [2.24, 2.45) is 0 Å². The molecule has 1 amide bonds. The molecule has 3 aromatic rings. The van der Waals surface area contributed by atoms with E-state index in [0.29, 0.717) is 47.9 Å². The lowest BCUT2D eigenvalue weighted by Crippen LogP contribution is -2.42. The first-order valence-corrected chi connectivity index (χ1v) is 11.9. The van der Waals surface area contributed by atoms with Crippen LogP contribution in [0.4, 0.5) is 11.5 Å². The van der Waals surface area contributed by atoms with Gasteiger partial charge in [0.15, 0.2) is 11.4 Å². The highest BCUT2D eigenvalue weighted by atomic mass is 32.2. The second-order valence-electron chi connectivity index (χ2n) is 7.47. The standard InChI is InChI=1S/C23H22N6O3S/c1-33(31)19-6-4-17(5-7-19)28-21-20(13-24)22(27-15-26-21)32-18-8-11-29(12-9-18)23(30)16-3-2-10-25-14-16/h2-7,10,14-15,18H,8-9,11-12H2,1H3,(H,26,27,28). The number of amides is 1. The van der Waals surface area contributed by atoms with Crippen LogP contribution in [-0.4, -0.2) is 55.4 Å². The van der Waals surface area contributed by atoms with Crippen LogP contribution >= 0.6 is 0 Å². The number of nitrogens with zero attached hydrogens (tertiary/aromatic N) is 5. The summed E-state index contributed by atoms with van der Waals surface area (Å²) < 4.78 is 17.6. The Kier molecular flexibility index (Phi) is 6.90. The molecule has 1 aliphatic heterocycles. The van der Waals surface area contributed by atoms with Gasteiger partial charge < -0.3 is 15.0 Å². The van der Waals surface area contributed by atoms with Crippen molar-refractivity contribution in [2.75, 3.05) is 24.7 Å². The highest BCUT2D eigenvalue weighted by Gasteiger charge is 2.26. The molecule has 1 N–H and O–H groups in total. The van der Waals surface area contributed by atoms with Crippen molar-refractivity contribution in [3.05, 3.63) is 66.2 Å². The van der Waals surface area contributed by atoms with Crippen LogP contribution in [0.3, 0.4) is 0 Å². The van der Waals surface area contributed by atoms with Crippen LogP contribution in [0.1, 0.15) is 28.8 Å². The molecule has 1 aromatic carbocycles. The molecule has 168 valence electrons. The van der Waals surface area contributed by atoms with Crippen LogP contribution in [-0.2, 0) is 10.8 Å². The van der Waals surface area contributed by atoms with E-state index < -0.39 is 10.8 Å². The minimum atomic E-state index is -1.07. The molecule has 4 rings (SSSR count). The molecule has 0 aliphatic carbocycles. The van der Waals surface area contributed by atoms with Gasteiger partial charge in [0.05, 0.1) is 5.56 Å². The van der Waals surface area contributed by atoms with Crippen LogP contribution in [0.5, 0.6) is 5.88 Å². The van der Waals surface area contributed by atoms with Gasteiger partial charge in [-0.2, -0.15) is 5.26 Å². The van der Waals surface area contributed by atoms with Crippen LogP contribution in [0, 0.1) is 11.3 Å². The SMILES string of the molecule is CS(=O)c1ccc(Nc2ncnc(OC3CCN(C(=O)c4cccnc4)CC3)c2C#N)cc1. The zero-order valence-electron chi connectivity index (χ0n) is 18.0. The number of ether oxygens (including phenoxy) is 1. The lowest BCUT2D eigenvalue weighted by molar-refractivity contribution is 0.0587. The van der Waals surface area contributed by atoms with Crippen molar-refractivity contribution < 1.29 is 13.7 Å². The molecule has 0 bridgehead atoms. The van der Waals surface area contributed by atoms with Gasteiger partial charge in [0, 0.05) is 66.0 Å². The Morgan fingerprint density at radius 1 is 1.21 bits per heavy atom. The van der Waals surface area contributed by atoms with Gasteiger partial charge >= 0.3 is 0 Å². The number of piperidine rings is 1. The van der Waals surface area contributed by atoms with Crippen molar-refractivity contribution in [1.29, 1.82) is 5.26 Å². The first-order valence-electron chi connectivity index (χ1n) is 10.4. The number of nitrogens with one attached hydrogen (secondary N) is 1. The number of aromatic nitrogens is 3. The van der Waals surface area contributed by atoms with Gasteiger partial charge in [-0.05, 0) is 36.4 Å². The van der Waals surface area contributed by atoms with Gasteiger partial charge in [-0.15, -0.1) is 0 Å². The Balaban J connectivity index is 1.41. The topological polar surface area (TPSA) is 121 Å². The fraction of sp³-hybridized carbons (Fsp3) is 0.261. The highest BCUT2D eigenvalue weighted by molar-refractivity contribution is 7.84. The average molecular weight is 463 g/mol. The van der Waals surface area contributed by atoms with Crippen molar-refractivity contribution in [1.82, 2.24) is 19.9 Å². The van der Waals surface area contributed by atoms with Gasteiger partial charge in [-0.1, -0.05) is 0 Å². The quantitative estimate of drug-likeness (QED) is 0.594. The molecule has 0 radical (unpaired) electrons. The number of likely N-dealkylation sites (tertiary alicyclic amines) is 1. The fourth-order valence-corrected chi connectivity index (χ4v) is 4.05. The van der Waals surface area contributed by atoms with Crippen molar-refractivity contribution in [3.63, 3.8) is 0 Å². The number of nitriles is 1. The van der Waals surface area contributed by atoms with E-state index in [1.165, 1.54) is 6.33 Å². The smallest absolute Gasteiger partial charge is 0.255 e. The van der Waals surface area contributed by atoms with Crippen LogP contribution < -0.4 is 10.1 Å². The predicted octanol–water partition coefficient (Wildman–Crippen LogP) is 2.91. The summed E-state index contributed by atoms with van der Waals surface area (Å²) in [5.74, 6) is 0.487. The second kappa shape index (κ2) is 10.2. The lowest BCUT2D eigenvalue weighted by Gasteiger charge is -2.32. The minimum Gasteiger partial charge on any atom is -0.473 e. The largest absolute Gasteiger partial charge is 0.473 e. The van der Waals surface area contributed by atoms with Gasteiger partial charge in [-0.25, -0.2) is 9.97 Å². The van der Waals surface area contributed by atoms with Crippen LogP contribution in [0.2, 0.25) is 0 Å². The lowest BCUT2D eigenvalue weighted by atomic mass is 10.1. The first-order chi connectivity index (χ1) is 16.0. The van der Waals surface area contributed by atoms with E-state index in [-0.39, 0.29) is 23.5 Å². The van der Waals surface area contributed by atoms with Crippen molar-refractivity contribution in [2.45, 2.75) is 23.8 Å². The van der Waals surface area contributed by atoms with E-state index in [4.69, 9.17) is 4.74 Å². The Labute approximate surface area is 193 Å². The van der Waals surface area contributed by atoms with Gasteiger partial charge in [0.2, 0.25) is 5.88 Å². The summed E-state index contributed by atoms with van der Waals surface area (Å²) in [6.07, 6.45) is 7.24. The van der Waals surface area contributed by atoms with Crippen molar-refractivity contribution in [3.8, 4) is 11.9 Å². The second-order valence-corrected chi connectivity index (χ2v) is 8.85. The summed E-state index contributed by atoms with van der Waals surface area (Å²) in [4.78, 5) is 27.4. The van der Waals surface area contributed by atoms with E-state index in [2.05, 4.69) is 26.3 Å². The molecule has 1 fully saturated rings. The summed E-state index contributed by atoms with van der Waals surface area (Å²) in [6, 6.07) is 12.7. The number of carbonyl (C=O) groups excluding carboxylic acids is 1. The highest BCUT2D eigenvalue weighted by Crippen LogP contribution is 2.27. The molecule has 1 atom stereocenters. The summed E-state index contributed by atoms with van der Waals surface area (Å²) in [7, 11) is -1.07.